The number of primary amides is 1. The molecule has 4 rings (SSSR count). The van der Waals surface area contributed by atoms with Gasteiger partial charge in [-0.1, -0.05) is 26.0 Å². The molecule has 1 aliphatic heterocycles. The quantitative estimate of drug-likeness (QED) is 0.557. The molecule has 0 spiro atoms. The highest BCUT2D eigenvalue weighted by atomic mass is 16.3. The maximum absolute atomic E-state index is 13.6. The summed E-state index contributed by atoms with van der Waals surface area (Å²) in [4.78, 5) is 39.6. The van der Waals surface area contributed by atoms with E-state index in [-0.39, 0.29) is 31.3 Å². The van der Waals surface area contributed by atoms with Crippen molar-refractivity contribution in [3.8, 4) is 0 Å². The van der Waals surface area contributed by atoms with Gasteiger partial charge in [0.2, 0.25) is 17.7 Å². The van der Waals surface area contributed by atoms with Crippen LogP contribution in [0.2, 0.25) is 0 Å². The van der Waals surface area contributed by atoms with Crippen molar-refractivity contribution < 1.29 is 19.5 Å². The first-order chi connectivity index (χ1) is 14.5. The van der Waals surface area contributed by atoms with Crippen LogP contribution >= 0.6 is 0 Å². The Hall–Kier alpha value is -2.49. The number of carbonyl (C=O) groups is 3. The first-order valence-electron chi connectivity index (χ1n) is 11.0. The van der Waals surface area contributed by atoms with E-state index in [1.807, 2.05) is 27.0 Å². The number of nitrogens with two attached hydrogens (primary N) is 1. The molecule has 0 bridgehead atoms. The third-order valence-electron chi connectivity index (χ3n) is 6.68. The van der Waals surface area contributed by atoms with Gasteiger partial charge in [0.25, 0.3) is 0 Å². The average molecular weight is 433 g/mol. The summed E-state index contributed by atoms with van der Waals surface area (Å²) in [5.41, 5.74) is 5.17. The molecule has 0 aromatic carbocycles. The molecule has 3 aliphatic rings. The van der Waals surface area contributed by atoms with Crippen LogP contribution in [-0.4, -0.2) is 68.0 Å². The smallest absolute Gasteiger partial charge is 0.248 e. The van der Waals surface area contributed by atoms with Gasteiger partial charge in [0.15, 0.2) is 0 Å². The largest absolute Gasteiger partial charge is 0.391 e. The van der Waals surface area contributed by atoms with Crippen LogP contribution in [0.4, 0.5) is 0 Å². The van der Waals surface area contributed by atoms with E-state index in [2.05, 4.69) is 15.6 Å². The van der Waals surface area contributed by atoms with E-state index in [0.717, 1.165) is 18.5 Å². The van der Waals surface area contributed by atoms with Gasteiger partial charge in [-0.15, -0.1) is 5.10 Å². The van der Waals surface area contributed by atoms with Crippen LogP contribution in [0.3, 0.4) is 0 Å². The molecule has 10 heteroatoms. The van der Waals surface area contributed by atoms with Crippen LogP contribution < -0.4 is 11.1 Å². The van der Waals surface area contributed by atoms with Gasteiger partial charge in [-0.05, 0) is 31.1 Å². The van der Waals surface area contributed by atoms with E-state index in [4.69, 9.17) is 5.73 Å². The predicted molar refractivity (Wildman–Crippen MR) is 110 cm³/mol. The lowest BCUT2D eigenvalue weighted by atomic mass is 9.85. The summed E-state index contributed by atoms with van der Waals surface area (Å²) in [6.45, 7) is 6.07. The number of aromatic nitrogens is 3. The third kappa shape index (κ3) is 4.30. The molecule has 10 nitrogen and oxygen atoms in total. The number of hydrogen-bond donors (Lipinski definition) is 3. The van der Waals surface area contributed by atoms with Crippen LogP contribution in [0.5, 0.6) is 0 Å². The van der Waals surface area contributed by atoms with Gasteiger partial charge in [-0.25, -0.2) is 4.68 Å². The molecule has 3 amide bonds. The van der Waals surface area contributed by atoms with Gasteiger partial charge in [-0.3, -0.25) is 14.4 Å². The lowest BCUT2D eigenvalue weighted by Crippen LogP contribution is -2.51. The number of aliphatic hydroxyl groups excluding tert-OH is 1. The van der Waals surface area contributed by atoms with Crippen LogP contribution in [-0.2, 0) is 14.4 Å². The highest BCUT2D eigenvalue weighted by molar-refractivity contribution is 5.91. The molecule has 1 aromatic rings. The maximum Gasteiger partial charge on any atom is 0.248 e. The molecule has 170 valence electrons. The lowest BCUT2D eigenvalue weighted by Gasteiger charge is -2.34. The Morgan fingerprint density at radius 3 is 2.55 bits per heavy atom. The summed E-state index contributed by atoms with van der Waals surface area (Å²) in [6, 6.07) is -1.46. The number of likely N-dealkylation sites (tertiary alicyclic amines) is 1. The molecule has 3 atom stereocenters. The molecule has 2 aliphatic carbocycles. The zero-order valence-corrected chi connectivity index (χ0v) is 18.4. The number of rotatable bonds is 7. The Morgan fingerprint density at radius 1 is 1.32 bits per heavy atom. The second-order valence-electron chi connectivity index (χ2n) is 10.4. The van der Waals surface area contributed by atoms with E-state index < -0.39 is 34.9 Å². The SMILES string of the molecule is CC(C)(C)[C@@H](C(=O)N1C[C@H](O)C[C@H]1C(=O)NCC1(C(N)=O)CC1)n1cc(C2CC2)nn1. The summed E-state index contributed by atoms with van der Waals surface area (Å²) in [6.07, 6.45) is 4.67. The third-order valence-corrected chi connectivity index (χ3v) is 6.68. The minimum absolute atomic E-state index is 0.0780. The molecule has 31 heavy (non-hydrogen) atoms. The zero-order valence-electron chi connectivity index (χ0n) is 18.4. The first-order valence-corrected chi connectivity index (χ1v) is 11.0. The van der Waals surface area contributed by atoms with Crippen molar-refractivity contribution in [2.45, 2.75) is 77.0 Å². The topological polar surface area (TPSA) is 143 Å². The minimum Gasteiger partial charge on any atom is -0.391 e. The summed E-state index contributed by atoms with van der Waals surface area (Å²) >= 11 is 0. The fraction of sp³-hybridized carbons (Fsp3) is 0.762. The fourth-order valence-electron chi connectivity index (χ4n) is 4.36. The Balaban J connectivity index is 1.51. The fourth-order valence-corrected chi connectivity index (χ4v) is 4.36. The molecule has 2 heterocycles. The van der Waals surface area contributed by atoms with Crippen molar-refractivity contribution in [1.82, 2.24) is 25.2 Å². The Labute approximate surface area is 181 Å². The first kappa shape index (κ1) is 21.7. The van der Waals surface area contributed by atoms with E-state index in [1.165, 1.54) is 4.90 Å². The number of carbonyl (C=O) groups excluding carboxylic acids is 3. The Kier molecular flexibility index (Phi) is 5.31. The van der Waals surface area contributed by atoms with E-state index >= 15 is 0 Å². The average Bonchev–Trinajstić information content (AvgIpc) is 3.59. The van der Waals surface area contributed by atoms with Crippen molar-refractivity contribution in [2.24, 2.45) is 16.6 Å². The highest BCUT2D eigenvalue weighted by Gasteiger charge is 2.50. The normalized spacial score (nSPS) is 25.9. The second-order valence-corrected chi connectivity index (χ2v) is 10.4. The van der Waals surface area contributed by atoms with Crippen molar-refractivity contribution in [3.63, 3.8) is 0 Å². The maximum atomic E-state index is 13.6. The molecule has 1 aromatic heterocycles. The van der Waals surface area contributed by atoms with Gasteiger partial charge in [0, 0.05) is 31.6 Å². The van der Waals surface area contributed by atoms with Crippen LogP contribution in [0.15, 0.2) is 6.20 Å². The van der Waals surface area contributed by atoms with Gasteiger partial charge in [0.1, 0.15) is 12.1 Å². The summed E-state index contributed by atoms with van der Waals surface area (Å²) in [5.74, 6) is -0.649. The number of aliphatic hydroxyl groups is 1. The molecular weight excluding hydrogens is 400 g/mol. The number of hydrogen-bond acceptors (Lipinski definition) is 6. The van der Waals surface area contributed by atoms with Gasteiger partial charge in [-0.2, -0.15) is 0 Å². The van der Waals surface area contributed by atoms with Crippen molar-refractivity contribution >= 4 is 17.7 Å². The van der Waals surface area contributed by atoms with Crippen molar-refractivity contribution in [2.75, 3.05) is 13.1 Å². The molecule has 1 saturated heterocycles. The van der Waals surface area contributed by atoms with Gasteiger partial charge >= 0.3 is 0 Å². The number of amides is 3. The highest BCUT2D eigenvalue weighted by Crippen LogP contribution is 2.44. The van der Waals surface area contributed by atoms with Crippen LogP contribution in [0, 0.1) is 10.8 Å². The lowest BCUT2D eigenvalue weighted by molar-refractivity contribution is -0.144. The van der Waals surface area contributed by atoms with E-state index in [1.54, 1.807) is 4.68 Å². The number of nitrogens with zero attached hydrogens (tertiary/aromatic N) is 4. The van der Waals surface area contributed by atoms with Crippen LogP contribution in [0.1, 0.15) is 70.5 Å². The summed E-state index contributed by atoms with van der Waals surface area (Å²) in [7, 11) is 0. The second kappa shape index (κ2) is 7.58. The molecule has 2 saturated carbocycles. The molecule has 0 unspecified atom stereocenters. The standard InChI is InChI=1S/C21H32N6O4/c1-20(2,3)16(27-10-14(24-25-27)12-4-5-12)18(30)26-9-13(28)8-15(26)17(29)23-11-21(6-7-21)19(22)31/h10,12-13,15-16,28H,4-9,11H2,1-3H3,(H2,22,31)(H,23,29)/t13-,15+,16-/m1/s1. The molecule has 4 N–H and O–H groups in total. The van der Waals surface area contributed by atoms with Gasteiger partial charge < -0.3 is 21.1 Å². The Bertz CT molecular complexity index is 883. The summed E-state index contributed by atoms with van der Waals surface area (Å²) < 4.78 is 1.60. The molecule has 3 fully saturated rings. The predicted octanol–water partition coefficient (Wildman–Crippen LogP) is 0.0862. The van der Waals surface area contributed by atoms with Crippen molar-refractivity contribution in [1.29, 1.82) is 0 Å². The molecule has 0 radical (unpaired) electrons. The number of nitrogens with one attached hydrogen (secondary N) is 1. The van der Waals surface area contributed by atoms with Gasteiger partial charge in [0.05, 0.1) is 17.2 Å². The van der Waals surface area contributed by atoms with E-state index in [9.17, 15) is 19.5 Å². The van der Waals surface area contributed by atoms with E-state index in [0.29, 0.717) is 18.8 Å². The number of β-amino-alcohol motifs (C(OH)–C–C–N with tert-alkyl or cyclic N) is 1. The van der Waals surface area contributed by atoms with Crippen LogP contribution in [0.25, 0.3) is 0 Å². The molecular formula is C21H32N6O4. The monoisotopic (exact) mass is 432 g/mol. The summed E-state index contributed by atoms with van der Waals surface area (Å²) in [5, 5.41) is 21.5. The van der Waals surface area contributed by atoms with Crippen molar-refractivity contribution in [3.05, 3.63) is 11.9 Å². The zero-order chi connectivity index (χ0) is 22.6. The Morgan fingerprint density at radius 2 is 2.00 bits per heavy atom. The minimum atomic E-state index is -0.803.